The first-order valence-corrected chi connectivity index (χ1v) is 13.3. The number of hydrogen-bond acceptors (Lipinski definition) is 3. The number of rotatable bonds is 4. The monoisotopic (exact) mass is 561 g/mol. The maximum Gasteiger partial charge on any atom is 0.317 e. The number of benzene rings is 2. The third-order valence-electron chi connectivity index (χ3n) is 6.12. The van der Waals surface area contributed by atoms with Crippen LogP contribution < -0.4 is 10.6 Å². The summed E-state index contributed by atoms with van der Waals surface area (Å²) in [4.78, 5) is 27.9. The second-order valence-corrected chi connectivity index (χ2v) is 11.6. The fourth-order valence-corrected chi connectivity index (χ4v) is 5.03. The number of amides is 3. The van der Waals surface area contributed by atoms with Crippen LogP contribution in [0.1, 0.15) is 49.7 Å². The standard InChI is InChI=1S/C27H30Cl3N5O2/c1-16-23(25(36)31-20-6-5-13-34(15-20)26(37)32-27(2,3)4)33-35(22-12-11-19(29)14-21(22)30)24(16)17-7-9-18(28)10-8-17/h7-12,14,20H,5-6,13,15H2,1-4H3,(H,31,36)(H,32,37)/t20-/m1/s1. The zero-order valence-electron chi connectivity index (χ0n) is 21.2. The molecule has 2 N–H and O–H groups in total. The van der Waals surface area contributed by atoms with Crippen molar-refractivity contribution in [3.8, 4) is 16.9 Å². The summed E-state index contributed by atoms with van der Waals surface area (Å²) in [5.74, 6) is -0.306. The highest BCUT2D eigenvalue weighted by Gasteiger charge is 2.29. The fraction of sp³-hybridized carbons (Fsp3) is 0.370. The number of carbonyl (C=O) groups excluding carboxylic acids is 2. The molecule has 1 aliphatic heterocycles. The second kappa shape index (κ2) is 10.9. The highest BCUT2D eigenvalue weighted by Crippen LogP contribution is 2.33. The van der Waals surface area contributed by atoms with Gasteiger partial charge in [0.2, 0.25) is 0 Å². The van der Waals surface area contributed by atoms with Crippen LogP contribution in [0.15, 0.2) is 42.5 Å². The van der Waals surface area contributed by atoms with Crippen molar-refractivity contribution in [1.82, 2.24) is 25.3 Å². The molecule has 3 amide bonds. The summed E-state index contributed by atoms with van der Waals surface area (Å²) in [6.45, 7) is 8.77. The molecule has 0 radical (unpaired) electrons. The van der Waals surface area contributed by atoms with Crippen molar-refractivity contribution in [3.63, 3.8) is 0 Å². The van der Waals surface area contributed by atoms with E-state index in [9.17, 15) is 9.59 Å². The van der Waals surface area contributed by atoms with Gasteiger partial charge in [0.1, 0.15) is 0 Å². The lowest BCUT2D eigenvalue weighted by atomic mass is 10.0. The number of urea groups is 1. The predicted molar refractivity (Wildman–Crippen MR) is 149 cm³/mol. The van der Waals surface area contributed by atoms with Crippen molar-refractivity contribution in [2.24, 2.45) is 0 Å². The van der Waals surface area contributed by atoms with Crippen LogP contribution in [0.3, 0.4) is 0 Å². The molecule has 37 heavy (non-hydrogen) atoms. The molecular weight excluding hydrogens is 533 g/mol. The molecule has 3 aromatic rings. The summed E-state index contributed by atoms with van der Waals surface area (Å²) < 4.78 is 1.66. The number of nitrogens with zero attached hydrogens (tertiary/aromatic N) is 3. The van der Waals surface area contributed by atoms with Gasteiger partial charge in [0, 0.05) is 45.8 Å². The number of hydrogen-bond donors (Lipinski definition) is 2. The van der Waals surface area contributed by atoms with Gasteiger partial charge in [-0.25, -0.2) is 9.48 Å². The summed E-state index contributed by atoms with van der Waals surface area (Å²) in [6.07, 6.45) is 1.57. The average molecular weight is 563 g/mol. The number of carbonyl (C=O) groups is 2. The van der Waals surface area contributed by atoms with Gasteiger partial charge in [-0.3, -0.25) is 4.79 Å². The molecule has 2 aromatic carbocycles. The molecule has 1 saturated heterocycles. The van der Waals surface area contributed by atoms with Gasteiger partial charge in [-0.1, -0.05) is 46.9 Å². The Kier molecular flexibility index (Phi) is 8.07. The molecule has 10 heteroatoms. The van der Waals surface area contributed by atoms with Crippen LogP contribution in [-0.4, -0.2) is 51.3 Å². The largest absolute Gasteiger partial charge is 0.346 e. The van der Waals surface area contributed by atoms with Gasteiger partial charge >= 0.3 is 6.03 Å². The average Bonchev–Trinajstić information content (AvgIpc) is 3.15. The van der Waals surface area contributed by atoms with Crippen molar-refractivity contribution in [2.45, 2.75) is 52.1 Å². The van der Waals surface area contributed by atoms with Gasteiger partial charge in [-0.2, -0.15) is 5.10 Å². The number of likely N-dealkylation sites (tertiary alicyclic amines) is 1. The first-order valence-electron chi connectivity index (χ1n) is 12.1. The molecule has 0 bridgehead atoms. The molecule has 1 aliphatic rings. The molecule has 7 nitrogen and oxygen atoms in total. The molecular formula is C27H30Cl3N5O2. The third-order valence-corrected chi connectivity index (χ3v) is 6.91. The lowest BCUT2D eigenvalue weighted by Gasteiger charge is -2.35. The number of halogens is 3. The smallest absolute Gasteiger partial charge is 0.317 e. The van der Waals surface area contributed by atoms with Gasteiger partial charge in [-0.05, 0) is 70.9 Å². The van der Waals surface area contributed by atoms with E-state index in [1.807, 2.05) is 39.8 Å². The maximum atomic E-state index is 13.5. The van der Waals surface area contributed by atoms with E-state index in [1.165, 1.54) is 0 Å². The maximum absolute atomic E-state index is 13.5. The van der Waals surface area contributed by atoms with Gasteiger partial charge in [0.15, 0.2) is 5.69 Å². The van der Waals surface area contributed by atoms with Crippen molar-refractivity contribution in [2.75, 3.05) is 13.1 Å². The molecule has 0 saturated carbocycles. The SMILES string of the molecule is Cc1c(C(=O)N[C@@H]2CCCN(C(=O)NC(C)(C)C)C2)nn(-c2ccc(Cl)cc2Cl)c1-c1ccc(Cl)cc1. The van der Waals surface area contributed by atoms with Gasteiger partial charge in [-0.15, -0.1) is 0 Å². The summed E-state index contributed by atoms with van der Waals surface area (Å²) in [6, 6.07) is 12.1. The Morgan fingerprint density at radius 2 is 1.70 bits per heavy atom. The summed E-state index contributed by atoms with van der Waals surface area (Å²) in [5.41, 5.74) is 2.80. The Labute approximate surface area is 232 Å². The molecule has 0 aliphatic carbocycles. The zero-order valence-corrected chi connectivity index (χ0v) is 23.5. The Morgan fingerprint density at radius 3 is 2.35 bits per heavy atom. The summed E-state index contributed by atoms with van der Waals surface area (Å²) in [5, 5.41) is 12.3. The third kappa shape index (κ3) is 6.40. The second-order valence-electron chi connectivity index (χ2n) is 10.3. The topological polar surface area (TPSA) is 79.3 Å². The van der Waals surface area contributed by atoms with Gasteiger partial charge < -0.3 is 15.5 Å². The molecule has 196 valence electrons. The predicted octanol–water partition coefficient (Wildman–Crippen LogP) is 6.51. The van der Waals surface area contributed by atoms with Crippen LogP contribution in [0.2, 0.25) is 15.1 Å². The van der Waals surface area contributed by atoms with Crippen LogP contribution in [0.5, 0.6) is 0 Å². The Bertz CT molecular complexity index is 1310. The van der Waals surface area contributed by atoms with E-state index in [0.29, 0.717) is 39.4 Å². The minimum absolute atomic E-state index is 0.130. The van der Waals surface area contributed by atoms with Crippen molar-refractivity contribution in [1.29, 1.82) is 0 Å². The van der Waals surface area contributed by atoms with Crippen LogP contribution in [0, 0.1) is 6.92 Å². The zero-order chi connectivity index (χ0) is 26.9. The highest BCUT2D eigenvalue weighted by atomic mass is 35.5. The number of piperidine rings is 1. The number of aromatic nitrogens is 2. The van der Waals surface area contributed by atoms with E-state index in [-0.39, 0.29) is 29.2 Å². The van der Waals surface area contributed by atoms with Crippen molar-refractivity contribution < 1.29 is 9.59 Å². The molecule has 1 atom stereocenters. The van der Waals surface area contributed by atoms with E-state index in [1.54, 1.807) is 39.9 Å². The van der Waals surface area contributed by atoms with Gasteiger partial charge in [0.25, 0.3) is 5.91 Å². The lowest BCUT2D eigenvalue weighted by Crippen LogP contribution is -2.55. The van der Waals surface area contributed by atoms with E-state index in [0.717, 1.165) is 24.1 Å². The van der Waals surface area contributed by atoms with E-state index >= 15 is 0 Å². The van der Waals surface area contributed by atoms with Crippen LogP contribution in [0.4, 0.5) is 4.79 Å². The van der Waals surface area contributed by atoms with Crippen molar-refractivity contribution >= 4 is 46.7 Å². The van der Waals surface area contributed by atoms with Crippen LogP contribution in [-0.2, 0) is 0 Å². The van der Waals surface area contributed by atoms with E-state index in [4.69, 9.17) is 34.8 Å². The first kappa shape index (κ1) is 27.3. The van der Waals surface area contributed by atoms with Crippen LogP contribution >= 0.6 is 34.8 Å². The normalized spacial score (nSPS) is 16.0. The fourth-order valence-electron chi connectivity index (χ4n) is 4.42. The molecule has 2 heterocycles. The molecule has 0 unspecified atom stereocenters. The minimum Gasteiger partial charge on any atom is -0.346 e. The Hall–Kier alpha value is -2.74. The first-order chi connectivity index (χ1) is 17.4. The van der Waals surface area contributed by atoms with E-state index < -0.39 is 0 Å². The Morgan fingerprint density at radius 1 is 1.03 bits per heavy atom. The quantitative estimate of drug-likeness (QED) is 0.380. The summed E-state index contributed by atoms with van der Waals surface area (Å²) in [7, 11) is 0. The van der Waals surface area contributed by atoms with E-state index in [2.05, 4.69) is 15.7 Å². The van der Waals surface area contributed by atoms with Gasteiger partial charge in [0.05, 0.1) is 16.4 Å². The lowest BCUT2D eigenvalue weighted by molar-refractivity contribution is 0.0902. The number of nitrogens with one attached hydrogen (secondary N) is 2. The van der Waals surface area contributed by atoms with Crippen LogP contribution in [0.25, 0.3) is 16.9 Å². The molecule has 0 spiro atoms. The highest BCUT2D eigenvalue weighted by molar-refractivity contribution is 6.35. The molecule has 1 aromatic heterocycles. The molecule has 1 fully saturated rings. The Balaban J connectivity index is 1.64. The van der Waals surface area contributed by atoms with Crippen molar-refractivity contribution in [3.05, 3.63) is 68.8 Å². The minimum atomic E-state index is -0.335. The molecule has 4 rings (SSSR count). The summed E-state index contributed by atoms with van der Waals surface area (Å²) >= 11 is 18.8.